The van der Waals surface area contributed by atoms with E-state index < -0.39 is 0 Å². The van der Waals surface area contributed by atoms with Crippen molar-refractivity contribution < 1.29 is 19.0 Å². The molecule has 2 saturated heterocycles. The Morgan fingerprint density at radius 3 is 2.54 bits per heavy atom. The number of hydrogen-bond donors (Lipinski definition) is 1. The van der Waals surface area contributed by atoms with E-state index in [-0.39, 0.29) is 24.2 Å². The Labute approximate surface area is 140 Å². The number of nitrogens with one attached hydrogen (secondary N) is 1. The molecule has 0 spiro atoms. The van der Waals surface area contributed by atoms with Crippen LogP contribution in [0.1, 0.15) is 16.8 Å². The van der Waals surface area contributed by atoms with Crippen LogP contribution in [0.5, 0.6) is 11.5 Å². The maximum Gasteiger partial charge on any atom is 0.251 e. The molecule has 4 rings (SSSR count). The molecule has 2 aliphatic rings. The summed E-state index contributed by atoms with van der Waals surface area (Å²) in [5.74, 6) is 1.34. The van der Waals surface area contributed by atoms with Crippen LogP contribution in [0.2, 0.25) is 0 Å². The van der Waals surface area contributed by atoms with Crippen LogP contribution in [-0.4, -0.2) is 37.4 Å². The van der Waals surface area contributed by atoms with Gasteiger partial charge in [-0.3, -0.25) is 4.79 Å². The topological polar surface area (TPSA) is 56.8 Å². The Hall–Kier alpha value is -2.37. The average molecular weight is 325 g/mol. The van der Waals surface area contributed by atoms with Gasteiger partial charge in [-0.2, -0.15) is 0 Å². The minimum atomic E-state index is -0.119. The third kappa shape index (κ3) is 3.13. The fourth-order valence-corrected chi connectivity index (χ4v) is 3.14. The van der Waals surface area contributed by atoms with Gasteiger partial charge in [0.25, 0.3) is 5.91 Å². The summed E-state index contributed by atoms with van der Waals surface area (Å²) in [7, 11) is 0. The highest BCUT2D eigenvalue weighted by Gasteiger charge is 2.42. The van der Waals surface area contributed by atoms with Gasteiger partial charge < -0.3 is 19.5 Å². The van der Waals surface area contributed by atoms with Crippen LogP contribution >= 0.6 is 0 Å². The minimum absolute atomic E-state index is 0.0189. The van der Waals surface area contributed by atoms with E-state index in [0.29, 0.717) is 24.5 Å². The van der Waals surface area contributed by atoms with Crippen molar-refractivity contribution in [1.82, 2.24) is 5.32 Å². The second-order valence-electron chi connectivity index (χ2n) is 6.02. The lowest BCUT2D eigenvalue weighted by molar-refractivity contribution is 0.0656. The van der Waals surface area contributed by atoms with Crippen LogP contribution < -0.4 is 10.1 Å². The van der Waals surface area contributed by atoms with Crippen LogP contribution in [-0.2, 0) is 9.47 Å². The van der Waals surface area contributed by atoms with Crippen LogP contribution in [0.15, 0.2) is 54.6 Å². The Morgan fingerprint density at radius 2 is 1.75 bits per heavy atom. The lowest BCUT2D eigenvalue weighted by Gasteiger charge is -2.17. The molecule has 0 saturated carbocycles. The summed E-state index contributed by atoms with van der Waals surface area (Å²) in [5, 5.41) is 3.01. The molecule has 124 valence electrons. The predicted molar refractivity (Wildman–Crippen MR) is 88.3 cm³/mol. The van der Waals surface area contributed by atoms with Gasteiger partial charge in [0.2, 0.25) is 0 Å². The van der Waals surface area contributed by atoms with E-state index in [9.17, 15) is 4.79 Å². The molecule has 2 aromatic carbocycles. The largest absolute Gasteiger partial charge is 0.457 e. The van der Waals surface area contributed by atoms with E-state index in [1.165, 1.54) is 0 Å². The van der Waals surface area contributed by atoms with E-state index in [1.54, 1.807) is 24.3 Å². The first-order valence-electron chi connectivity index (χ1n) is 8.17. The zero-order valence-corrected chi connectivity index (χ0v) is 13.2. The number of benzene rings is 2. The first-order valence-corrected chi connectivity index (χ1v) is 8.17. The van der Waals surface area contributed by atoms with Gasteiger partial charge in [0.15, 0.2) is 0 Å². The molecule has 0 aliphatic carbocycles. The van der Waals surface area contributed by atoms with E-state index in [2.05, 4.69) is 5.32 Å². The Bertz CT molecular complexity index is 701. The van der Waals surface area contributed by atoms with Crippen molar-refractivity contribution >= 4 is 5.91 Å². The van der Waals surface area contributed by atoms with Gasteiger partial charge in [-0.05, 0) is 42.8 Å². The fourth-order valence-electron chi connectivity index (χ4n) is 3.14. The number of para-hydroxylation sites is 1. The molecule has 3 atom stereocenters. The predicted octanol–water partition coefficient (Wildman–Crippen LogP) is 2.77. The van der Waals surface area contributed by atoms with Gasteiger partial charge in [-0.1, -0.05) is 18.2 Å². The van der Waals surface area contributed by atoms with Crippen molar-refractivity contribution in [1.29, 1.82) is 0 Å². The van der Waals surface area contributed by atoms with Crippen LogP contribution in [0.4, 0.5) is 0 Å². The molecule has 5 nitrogen and oxygen atoms in total. The first-order chi connectivity index (χ1) is 11.8. The van der Waals surface area contributed by atoms with Crippen LogP contribution in [0.3, 0.4) is 0 Å². The third-order valence-corrected chi connectivity index (χ3v) is 4.38. The molecule has 2 aliphatic heterocycles. The minimum Gasteiger partial charge on any atom is -0.457 e. The van der Waals surface area contributed by atoms with Crippen molar-refractivity contribution in [2.75, 3.05) is 13.2 Å². The number of amides is 1. The Kier molecular flexibility index (Phi) is 4.19. The number of fused-ring (bicyclic) bond motifs is 1. The summed E-state index contributed by atoms with van der Waals surface area (Å²) >= 11 is 0. The highest BCUT2D eigenvalue weighted by molar-refractivity contribution is 5.94. The molecule has 5 heteroatoms. The van der Waals surface area contributed by atoms with Gasteiger partial charge in [-0.15, -0.1) is 0 Å². The monoisotopic (exact) mass is 325 g/mol. The number of hydrogen-bond acceptors (Lipinski definition) is 4. The fraction of sp³-hybridized carbons (Fsp3) is 0.316. The lowest BCUT2D eigenvalue weighted by atomic mass is 10.1. The zero-order chi connectivity index (χ0) is 16.4. The van der Waals surface area contributed by atoms with Crippen molar-refractivity contribution in [3.63, 3.8) is 0 Å². The summed E-state index contributed by atoms with van der Waals surface area (Å²) in [4.78, 5) is 12.4. The smallest absolute Gasteiger partial charge is 0.251 e. The highest BCUT2D eigenvalue weighted by Crippen LogP contribution is 2.27. The van der Waals surface area contributed by atoms with Crippen molar-refractivity contribution in [3.05, 3.63) is 60.2 Å². The molecular weight excluding hydrogens is 306 g/mol. The maximum absolute atomic E-state index is 12.4. The lowest BCUT2D eigenvalue weighted by Crippen LogP contribution is -2.43. The molecule has 2 aromatic rings. The Morgan fingerprint density at radius 1 is 1.00 bits per heavy atom. The second kappa shape index (κ2) is 6.63. The van der Waals surface area contributed by atoms with Crippen molar-refractivity contribution in [2.24, 2.45) is 0 Å². The van der Waals surface area contributed by atoms with Gasteiger partial charge in [0.05, 0.1) is 18.8 Å². The average Bonchev–Trinajstić information content (AvgIpc) is 3.22. The maximum atomic E-state index is 12.4. The van der Waals surface area contributed by atoms with Crippen molar-refractivity contribution in [2.45, 2.75) is 24.7 Å². The van der Waals surface area contributed by atoms with Crippen LogP contribution in [0.25, 0.3) is 0 Å². The van der Waals surface area contributed by atoms with E-state index in [0.717, 1.165) is 12.2 Å². The molecule has 0 radical (unpaired) electrons. The van der Waals surface area contributed by atoms with Gasteiger partial charge in [0, 0.05) is 12.2 Å². The number of carbonyl (C=O) groups excluding carboxylic acids is 1. The standard InChI is InChI=1S/C19H19NO4/c21-19(20-16-12-23-17-10-11-22-18(16)17)13-6-8-15(9-7-13)24-14-4-2-1-3-5-14/h1-9,16-18H,10-12H2,(H,20,21)/t16-,17+,18+/m0/s1. The molecule has 24 heavy (non-hydrogen) atoms. The van der Waals surface area contributed by atoms with Crippen LogP contribution in [0, 0.1) is 0 Å². The van der Waals surface area contributed by atoms with E-state index >= 15 is 0 Å². The van der Waals surface area contributed by atoms with Crippen molar-refractivity contribution in [3.8, 4) is 11.5 Å². The Balaban J connectivity index is 1.38. The number of carbonyl (C=O) groups is 1. The summed E-state index contributed by atoms with van der Waals surface area (Å²) in [5.41, 5.74) is 0.594. The van der Waals surface area contributed by atoms with Gasteiger partial charge >= 0.3 is 0 Å². The first kappa shape index (κ1) is 15.2. The zero-order valence-electron chi connectivity index (χ0n) is 13.2. The molecule has 1 N–H and O–H groups in total. The molecule has 0 bridgehead atoms. The quantitative estimate of drug-likeness (QED) is 0.939. The molecular formula is C19H19NO4. The molecule has 0 unspecified atom stereocenters. The summed E-state index contributed by atoms with van der Waals surface area (Å²) in [6.45, 7) is 1.21. The number of ether oxygens (including phenoxy) is 3. The third-order valence-electron chi connectivity index (χ3n) is 4.38. The normalized spacial score (nSPS) is 25.2. The second-order valence-corrected chi connectivity index (χ2v) is 6.02. The van der Waals surface area contributed by atoms with E-state index in [4.69, 9.17) is 14.2 Å². The molecule has 2 fully saturated rings. The van der Waals surface area contributed by atoms with Gasteiger partial charge in [0.1, 0.15) is 17.6 Å². The van der Waals surface area contributed by atoms with Gasteiger partial charge in [-0.25, -0.2) is 0 Å². The SMILES string of the molecule is O=C(N[C@H]1CO[C@@H]2CCO[C@H]12)c1ccc(Oc2ccccc2)cc1. The highest BCUT2D eigenvalue weighted by atomic mass is 16.6. The summed E-state index contributed by atoms with van der Waals surface area (Å²) in [6.07, 6.45) is 1.01. The molecule has 1 amide bonds. The molecule has 2 heterocycles. The molecule has 0 aromatic heterocycles. The number of rotatable bonds is 4. The summed E-state index contributed by atoms with van der Waals surface area (Å²) < 4.78 is 17.0. The van der Waals surface area contributed by atoms with E-state index in [1.807, 2.05) is 30.3 Å². The summed E-state index contributed by atoms with van der Waals surface area (Å²) in [6, 6.07) is 16.6.